The van der Waals surface area contributed by atoms with Gasteiger partial charge in [-0.2, -0.15) is 0 Å². The van der Waals surface area contributed by atoms with Gasteiger partial charge in [-0.25, -0.2) is 0 Å². The predicted molar refractivity (Wildman–Crippen MR) is 70.4 cm³/mol. The molecule has 16 heavy (non-hydrogen) atoms. The molecule has 0 saturated heterocycles. The SMILES string of the molecule is CCCC[Si](C)(O[Si])O[Si](C)(C)O[Si]O[Si]. The summed E-state index contributed by atoms with van der Waals surface area (Å²) in [6, 6.07) is 0.963. The van der Waals surface area contributed by atoms with Crippen molar-refractivity contribution in [2.75, 3.05) is 0 Å². The summed E-state index contributed by atoms with van der Waals surface area (Å²) in [7, 11) is 1.69. The fourth-order valence-corrected chi connectivity index (χ4v) is 9.68. The van der Waals surface area contributed by atoms with Crippen LogP contribution in [0.25, 0.3) is 0 Å². The van der Waals surface area contributed by atoms with Crippen LogP contribution < -0.4 is 0 Å². The average molecular weight is 307 g/mol. The van der Waals surface area contributed by atoms with Crippen molar-refractivity contribution < 1.29 is 16.5 Å². The van der Waals surface area contributed by atoms with Gasteiger partial charge in [-0.3, -0.25) is 0 Å². The molecule has 0 aliphatic heterocycles. The second-order valence-electron chi connectivity index (χ2n) is 4.13. The Kier molecular flexibility index (Phi) is 8.57. The fraction of sp³-hybridized carbons (Fsp3) is 1.00. The number of rotatable bonds is 9. The maximum atomic E-state index is 6.07. The van der Waals surface area contributed by atoms with E-state index >= 15 is 0 Å². The molecule has 0 aromatic carbocycles. The molecular weight excluding hydrogens is 289 g/mol. The third-order valence-corrected chi connectivity index (χ3v) is 11.3. The molecule has 0 aliphatic carbocycles. The third kappa shape index (κ3) is 7.29. The van der Waals surface area contributed by atoms with Crippen molar-refractivity contribution in [1.29, 1.82) is 0 Å². The van der Waals surface area contributed by atoms with E-state index in [0.717, 1.165) is 18.9 Å². The Hall–Kier alpha value is 0.924. The molecule has 0 amide bonds. The molecule has 1 unspecified atom stereocenters. The highest BCUT2D eigenvalue weighted by Crippen LogP contribution is 2.21. The summed E-state index contributed by atoms with van der Waals surface area (Å²) >= 11 is 0. The highest BCUT2D eigenvalue weighted by Gasteiger charge is 2.38. The van der Waals surface area contributed by atoms with Gasteiger partial charge in [0.25, 0.3) is 0 Å². The van der Waals surface area contributed by atoms with Gasteiger partial charge < -0.3 is 16.5 Å². The van der Waals surface area contributed by atoms with Crippen LogP contribution in [0.1, 0.15) is 19.8 Å². The first kappa shape index (κ1) is 16.9. The van der Waals surface area contributed by atoms with Crippen LogP contribution in [-0.4, -0.2) is 48.1 Å². The van der Waals surface area contributed by atoms with Crippen LogP contribution in [0.3, 0.4) is 0 Å². The Morgan fingerprint density at radius 3 is 2.25 bits per heavy atom. The van der Waals surface area contributed by atoms with Crippen molar-refractivity contribution in [2.24, 2.45) is 0 Å². The molecule has 9 heteroatoms. The molecular formula is C7H18O4Si5. The molecule has 4 nitrogen and oxygen atoms in total. The van der Waals surface area contributed by atoms with Crippen molar-refractivity contribution >= 4 is 48.1 Å². The summed E-state index contributed by atoms with van der Waals surface area (Å²) in [6.45, 7) is 8.19. The molecule has 0 bridgehead atoms. The minimum Gasteiger partial charge on any atom is -0.437 e. The molecule has 0 heterocycles. The van der Waals surface area contributed by atoms with Crippen LogP contribution in [0.4, 0.5) is 0 Å². The molecule has 0 spiro atoms. The van der Waals surface area contributed by atoms with Crippen LogP contribution in [0.5, 0.6) is 0 Å². The number of hydrogen-bond acceptors (Lipinski definition) is 4. The van der Waals surface area contributed by atoms with Gasteiger partial charge in [0.1, 0.15) is 0 Å². The van der Waals surface area contributed by atoms with E-state index < -0.39 is 17.1 Å². The van der Waals surface area contributed by atoms with Gasteiger partial charge in [-0.15, -0.1) is 0 Å². The molecule has 0 N–H and O–H groups in total. The predicted octanol–water partition coefficient (Wildman–Crippen LogP) is 1.33. The molecule has 0 rings (SSSR count). The van der Waals surface area contributed by atoms with Crippen LogP contribution in [0.2, 0.25) is 25.7 Å². The van der Waals surface area contributed by atoms with E-state index in [1.54, 1.807) is 0 Å². The molecule has 0 fully saturated rings. The summed E-state index contributed by atoms with van der Waals surface area (Å²) in [5.41, 5.74) is 0. The summed E-state index contributed by atoms with van der Waals surface area (Å²) in [4.78, 5) is 0. The summed E-state index contributed by atoms with van der Waals surface area (Å²) in [6.07, 6.45) is 2.24. The van der Waals surface area contributed by atoms with Crippen molar-refractivity contribution in [3.05, 3.63) is 0 Å². The van der Waals surface area contributed by atoms with E-state index in [9.17, 15) is 0 Å². The molecule has 0 aromatic rings. The number of unbranched alkanes of at least 4 members (excludes halogenated alkanes) is 1. The van der Waals surface area contributed by atoms with Gasteiger partial charge in [0.2, 0.25) is 21.0 Å². The van der Waals surface area contributed by atoms with E-state index in [2.05, 4.69) is 27.9 Å². The summed E-state index contributed by atoms with van der Waals surface area (Å²) in [5.74, 6) is 0. The zero-order valence-corrected chi connectivity index (χ0v) is 15.3. The summed E-state index contributed by atoms with van der Waals surface area (Å²) in [5, 5.41) is 0. The largest absolute Gasteiger partial charge is 0.437 e. The fourth-order valence-electron chi connectivity index (χ4n) is 1.28. The minimum atomic E-state index is -2.17. The summed E-state index contributed by atoms with van der Waals surface area (Å²) < 4.78 is 21.7. The Morgan fingerprint density at radius 2 is 1.81 bits per heavy atom. The van der Waals surface area contributed by atoms with Gasteiger partial charge in [0, 0.05) is 0 Å². The van der Waals surface area contributed by atoms with Gasteiger partial charge >= 0.3 is 27.1 Å². The van der Waals surface area contributed by atoms with Gasteiger partial charge in [-0.1, -0.05) is 19.8 Å². The molecule has 0 aromatic heterocycles. The maximum Gasteiger partial charge on any atom is 0.411 e. The molecule has 1 atom stereocenters. The van der Waals surface area contributed by atoms with Gasteiger partial charge in [0.15, 0.2) is 0 Å². The lowest BCUT2D eigenvalue weighted by Crippen LogP contribution is -2.50. The first-order chi connectivity index (χ1) is 7.39. The van der Waals surface area contributed by atoms with Gasteiger partial charge in [0.05, 0.1) is 0 Å². The first-order valence-electron chi connectivity index (χ1n) is 5.19. The second kappa shape index (κ2) is 8.10. The van der Waals surface area contributed by atoms with Crippen LogP contribution in [0, 0.1) is 0 Å². The lowest BCUT2D eigenvalue weighted by Gasteiger charge is -2.34. The van der Waals surface area contributed by atoms with Crippen molar-refractivity contribution in [1.82, 2.24) is 0 Å². The van der Waals surface area contributed by atoms with Crippen LogP contribution in [-0.2, 0) is 16.5 Å². The van der Waals surface area contributed by atoms with E-state index in [1.165, 1.54) is 0 Å². The number of hydrogen-bond donors (Lipinski definition) is 0. The van der Waals surface area contributed by atoms with E-state index in [1.807, 2.05) is 19.6 Å². The van der Waals surface area contributed by atoms with E-state index in [-0.39, 0.29) is 10.0 Å². The Morgan fingerprint density at radius 1 is 1.19 bits per heavy atom. The second-order valence-corrected chi connectivity index (χ2v) is 13.1. The zero-order valence-electron chi connectivity index (χ0n) is 10.3. The topological polar surface area (TPSA) is 36.9 Å². The van der Waals surface area contributed by atoms with E-state index in [4.69, 9.17) is 16.5 Å². The normalized spacial score (nSPS) is 16.1. The maximum absolute atomic E-state index is 6.07. The van der Waals surface area contributed by atoms with Gasteiger partial charge in [-0.05, 0) is 25.7 Å². The van der Waals surface area contributed by atoms with Crippen LogP contribution in [0.15, 0.2) is 0 Å². The zero-order chi connectivity index (χ0) is 12.7. The molecule has 8 radical (unpaired) electrons. The van der Waals surface area contributed by atoms with Crippen LogP contribution >= 0.6 is 0 Å². The minimum absolute atomic E-state index is 0.0430. The first-order valence-corrected chi connectivity index (χ1v) is 12.2. The Labute approximate surface area is 110 Å². The average Bonchev–Trinajstić information content (AvgIpc) is 2.23. The standard InChI is InChI=1S/C7H18O4Si5/c1-5-6-7-16(4,9-13)11-15(2,3)10-14-8-12/h5-7H2,1-4H3. The Bertz CT molecular complexity index is 194. The smallest absolute Gasteiger partial charge is 0.411 e. The molecule has 0 saturated carbocycles. The van der Waals surface area contributed by atoms with Crippen molar-refractivity contribution in [2.45, 2.75) is 45.5 Å². The van der Waals surface area contributed by atoms with Crippen molar-refractivity contribution in [3.63, 3.8) is 0 Å². The molecule has 0 aliphatic rings. The highest BCUT2D eigenvalue weighted by molar-refractivity contribution is 6.82. The van der Waals surface area contributed by atoms with Crippen molar-refractivity contribution in [3.8, 4) is 0 Å². The molecule has 90 valence electrons. The monoisotopic (exact) mass is 306 g/mol. The van der Waals surface area contributed by atoms with E-state index in [0.29, 0.717) is 0 Å². The quantitative estimate of drug-likeness (QED) is 0.602. The highest BCUT2D eigenvalue weighted by atomic mass is 28.5. The lowest BCUT2D eigenvalue weighted by atomic mass is 10.4. The Balaban J connectivity index is 4.26. The lowest BCUT2D eigenvalue weighted by molar-refractivity contribution is 0.326. The third-order valence-electron chi connectivity index (χ3n) is 1.99.